The van der Waals surface area contributed by atoms with Crippen LogP contribution in [0.15, 0.2) is 72.8 Å². The third-order valence-corrected chi connectivity index (χ3v) is 5.28. The van der Waals surface area contributed by atoms with Crippen molar-refractivity contribution in [3.8, 4) is 5.75 Å². The molecule has 2 heterocycles. The van der Waals surface area contributed by atoms with Crippen LogP contribution in [0.5, 0.6) is 5.75 Å². The molecule has 1 N–H and O–H groups in total. The second-order valence-electron chi connectivity index (χ2n) is 7.28. The number of carbonyl (C=O) groups excluding carboxylic acids is 1. The molecule has 0 atom stereocenters. The Kier molecular flexibility index (Phi) is 4.96. The molecular formula is C25H22N4O2. The van der Waals surface area contributed by atoms with Gasteiger partial charge in [0.25, 0.3) is 0 Å². The number of ether oxygens (including phenoxy) is 1. The fourth-order valence-corrected chi connectivity index (χ4v) is 3.89. The molecule has 3 aromatic carbocycles. The van der Waals surface area contributed by atoms with Crippen LogP contribution in [0.4, 0.5) is 5.69 Å². The SMILES string of the molecule is CCOc1ccccc1NC(=O)CCn1c2ccccc2c2nc3ccccc3nc21. The maximum absolute atomic E-state index is 12.7. The molecule has 5 aromatic rings. The molecule has 0 saturated carbocycles. The Bertz CT molecular complexity index is 1410. The van der Waals surface area contributed by atoms with Crippen LogP contribution in [-0.4, -0.2) is 27.0 Å². The Morgan fingerprint density at radius 3 is 2.48 bits per heavy atom. The Balaban J connectivity index is 1.47. The van der Waals surface area contributed by atoms with E-state index >= 15 is 0 Å². The summed E-state index contributed by atoms with van der Waals surface area (Å²) in [4.78, 5) is 22.4. The number of anilines is 1. The lowest BCUT2D eigenvalue weighted by Crippen LogP contribution is -2.15. The average Bonchev–Trinajstić information content (AvgIpc) is 3.10. The maximum Gasteiger partial charge on any atom is 0.226 e. The summed E-state index contributed by atoms with van der Waals surface area (Å²) < 4.78 is 7.69. The fraction of sp³-hybridized carbons (Fsp3) is 0.160. The van der Waals surface area contributed by atoms with Crippen LogP contribution in [0.3, 0.4) is 0 Å². The van der Waals surface area contributed by atoms with Crippen molar-refractivity contribution in [2.24, 2.45) is 0 Å². The van der Waals surface area contributed by atoms with E-state index in [2.05, 4.69) is 16.0 Å². The maximum atomic E-state index is 12.7. The van der Waals surface area contributed by atoms with Crippen LogP contribution in [0.2, 0.25) is 0 Å². The second-order valence-corrected chi connectivity index (χ2v) is 7.28. The monoisotopic (exact) mass is 410 g/mol. The first kappa shape index (κ1) is 19.1. The molecule has 6 heteroatoms. The highest BCUT2D eigenvalue weighted by Gasteiger charge is 2.15. The van der Waals surface area contributed by atoms with Gasteiger partial charge in [-0.2, -0.15) is 0 Å². The number of rotatable bonds is 6. The van der Waals surface area contributed by atoms with Gasteiger partial charge in [-0.05, 0) is 37.3 Å². The summed E-state index contributed by atoms with van der Waals surface area (Å²) in [6.45, 7) is 2.96. The van der Waals surface area contributed by atoms with Gasteiger partial charge in [0.15, 0.2) is 5.65 Å². The molecule has 0 aliphatic heterocycles. The topological polar surface area (TPSA) is 69.0 Å². The van der Waals surface area contributed by atoms with E-state index in [0.29, 0.717) is 31.0 Å². The van der Waals surface area contributed by atoms with Crippen molar-refractivity contribution >= 4 is 44.7 Å². The minimum Gasteiger partial charge on any atom is -0.492 e. The van der Waals surface area contributed by atoms with Gasteiger partial charge in [-0.1, -0.05) is 42.5 Å². The van der Waals surface area contributed by atoms with Crippen molar-refractivity contribution in [2.45, 2.75) is 19.9 Å². The Morgan fingerprint density at radius 2 is 1.65 bits per heavy atom. The molecule has 5 rings (SSSR count). The van der Waals surface area contributed by atoms with Crippen LogP contribution in [0, 0.1) is 0 Å². The first-order valence-electron chi connectivity index (χ1n) is 10.4. The molecule has 31 heavy (non-hydrogen) atoms. The first-order valence-corrected chi connectivity index (χ1v) is 10.4. The number of nitrogens with zero attached hydrogens (tertiary/aromatic N) is 3. The number of nitrogens with one attached hydrogen (secondary N) is 1. The van der Waals surface area contributed by atoms with Crippen LogP contribution >= 0.6 is 0 Å². The van der Waals surface area contributed by atoms with Gasteiger partial charge in [0.2, 0.25) is 5.91 Å². The van der Waals surface area contributed by atoms with E-state index in [9.17, 15) is 4.79 Å². The summed E-state index contributed by atoms with van der Waals surface area (Å²) in [7, 11) is 0. The lowest BCUT2D eigenvalue weighted by Gasteiger charge is -2.12. The molecule has 0 radical (unpaired) electrons. The fourth-order valence-electron chi connectivity index (χ4n) is 3.89. The van der Waals surface area contributed by atoms with Gasteiger partial charge >= 0.3 is 0 Å². The standard InChI is InChI=1S/C25H22N4O2/c1-2-31-22-14-8-6-12-20(22)26-23(30)15-16-29-21-13-7-3-9-17(21)24-25(29)28-19-11-5-4-10-18(19)27-24/h3-14H,2,15-16H2,1H3,(H,26,30). The van der Waals surface area contributed by atoms with Crippen molar-refractivity contribution in [3.05, 3.63) is 72.8 Å². The highest BCUT2D eigenvalue weighted by Crippen LogP contribution is 2.29. The van der Waals surface area contributed by atoms with Crippen molar-refractivity contribution in [2.75, 3.05) is 11.9 Å². The number of carbonyl (C=O) groups is 1. The zero-order valence-electron chi connectivity index (χ0n) is 17.2. The lowest BCUT2D eigenvalue weighted by atomic mass is 10.2. The van der Waals surface area contributed by atoms with E-state index in [-0.39, 0.29) is 5.91 Å². The predicted octanol–water partition coefficient (Wildman–Crippen LogP) is 5.17. The summed E-state index contributed by atoms with van der Waals surface area (Å²) in [5.74, 6) is 0.597. The number of amides is 1. The van der Waals surface area contributed by atoms with E-state index < -0.39 is 0 Å². The number of fused-ring (bicyclic) bond motifs is 4. The van der Waals surface area contributed by atoms with Gasteiger partial charge in [-0.3, -0.25) is 4.79 Å². The number of hydrogen-bond acceptors (Lipinski definition) is 4. The summed E-state index contributed by atoms with van der Waals surface area (Å²) in [6.07, 6.45) is 0.308. The molecule has 2 aromatic heterocycles. The largest absolute Gasteiger partial charge is 0.492 e. The highest BCUT2D eigenvalue weighted by molar-refractivity contribution is 6.06. The van der Waals surface area contributed by atoms with E-state index in [4.69, 9.17) is 14.7 Å². The number of hydrogen-bond donors (Lipinski definition) is 1. The molecule has 154 valence electrons. The summed E-state index contributed by atoms with van der Waals surface area (Å²) >= 11 is 0. The first-order chi connectivity index (χ1) is 15.2. The Labute approximate surface area is 179 Å². The van der Waals surface area contributed by atoms with Gasteiger partial charge in [0, 0.05) is 18.4 Å². The van der Waals surface area contributed by atoms with E-state index in [1.165, 1.54) is 0 Å². The normalized spacial score (nSPS) is 11.3. The number of para-hydroxylation sites is 5. The van der Waals surface area contributed by atoms with Gasteiger partial charge in [-0.25, -0.2) is 9.97 Å². The quantitative estimate of drug-likeness (QED) is 0.420. The van der Waals surface area contributed by atoms with Crippen molar-refractivity contribution in [1.82, 2.24) is 14.5 Å². The van der Waals surface area contributed by atoms with Crippen LogP contribution in [0.25, 0.3) is 33.1 Å². The average molecular weight is 410 g/mol. The summed E-state index contributed by atoms with van der Waals surface area (Å²) in [5, 5.41) is 4.01. The van der Waals surface area contributed by atoms with Crippen molar-refractivity contribution < 1.29 is 9.53 Å². The lowest BCUT2D eigenvalue weighted by molar-refractivity contribution is -0.116. The highest BCUT2D eigenvalue weighted by atomic mass is 16.5. The summed E-state index contributed by atoms with van der Waals surface area (Å²) in [6, 6.07) is 23.4. The Morgan fingerprint density at radius 1 is 0.935 bits per heavy atom. The number of benzene rings is 3. The third kappa shape index (κ3) is 3.57. The van der Waals surface area contributed by atoms with Gasteiger partial charge in [0.1, 0.15) is 11.3 Å². The minimum atomic E-state index is -0.0770. The molecule has 0 saturated heterocycles. The molecule has 1 amide bonds. The molecular weight excluding hydrogens is 388 g/mol. The van der Waals surface area contributed by atoms with E-state index in [1.807, 2.05) is 73.7 Å². The molecule has 0 unspecified atom stereocenters. The molecule has 0 spiro atoms. The third-order valence-electron chi connectivity index (χ3n) is 5.28. The zero-order valence-corrected chi connectivity index (χ0v) is 17.2. The number of aryl methyl sites for hydroxylation is 1. The van der Waals surface area contributed by atoms with Crippen LogP contribution in [0.1, 0.15) is 13.3 Å². The van der Waals surface area contributed by atoms with Crippen molar-refractivity contribution in [1.29, 1.82) is 0 Å². The molecule has 6 nitrogen and oxygen atoms in total. The summed E-state index contributed by atoms with van der Waals surface area (Å²) in [5.41, 5.74) is 5.06. The van der Waals surface area contributed by atoms with Gasteiger partial charge in [0.05, 0.1) is 28.8 Å². The van der Waals surface area contributed by atoms with Crippen molar-refractivity contribution in [3.63, 3.8) is 0 Å². The molecule has 0 aliphatic carbocycles. The minimum absolute atomic E-state index is 0.0770. The van der Waals surface area contributed by atoms with Crippen LogP contribution in [-0.2, 0) is 11.3 Å². The molecule has 0 aliphatic rings. The predicted molar refractivity (Wildman–Crippen MR) is 123 cm³/mol. The Hall–Kier alpha value is -3.93. The van der Waals surface area contributed by atoms with E-state index in [0.717, 1.165) is 33.1 Å². The van der Waals surface area contributed by atoms with Gasteiger partial charge in [-0.15, -0.1) is 0 Å². The molecule has 0 fully saturated rings. The number of aromatic nitrogens is 3. The zero-order chi connectivity index (χ0) is 21.2. The van der Waals surface area contributed by atoms with Crippen LogP contribution < -0.4 is 10.1 Å². The van der Waals surface area contributed by atoms with E-state index in [1.54, 1.807) is 0 Å². The van der Waals surface area contributed by atoms with Gasteiger partial charge < -0.3 is 14.6 Å². The smallest absolute Gasteiger partial charge is 0.226 e. The second kappa shape index (κ2) is 8.07. The molecule has 0 bridgehead atoms.